The summed E-state index contributed by atoms with van der Waals surface area (Å²) in [6.07, 6.45) is -2.25. The molecular weight excluding hydrogens is 440 g/mol. The fraction of sp³-hybridized carbons (Fsp3) is 0.474. The number of allylic oxidation sites excluding steroid dienone is 4. The van der Waals surface area contributed by atoms with Gasteiger partial charge < -0.3 is 4.90 Å². The van der Waals surface area contributed by atoms with Crippen molar-refractivity contribution >= 4 is 17.3 Å². The van der Waals surface area contributed by atoms with Crippen LogP contribution in [0.3, 0.4) is 0 Å². The second kappa shape index (κ2) is 7.77. The molecule has 0 saturated heterocycles. The molecule has 0 amide bonds. The minimum Gasteiger partial charge on any atom is -0.362 e. The normalized spacial score (nSPS) is 20.5. The Labute approximate surface area is 179 Å². The van der Waals surface area contributed by atoms with Gasteiger partial charge in [0, 0.05) is 18.9 Å². The molecule has 166 valence electrons. The van der Waals surface area contributed by atoms with Crippen LogP contribution in [0.15, 0.2) is 34.0 Å². The Morgan fingerprint density at radius 2 is 2.10 bits per heavy atom. The monoisotopic (exact) mass is 458 g/mol. The lowest BCUT2D eigenvalue weighted by molar-refractivity contribution is -0.0902. The molecule has 0 fully saturated rings. The van der Waals surface area contributed by atoms with E-state index >= 15 is 0 Å². The Morgan fingerprint density at radius 1 is 1.35 bits per heavy atom. The fourth-order valence-electron chi connectivity index (χ4n) is 4.06. The summed E-state index contributed by atoms with van der Waals surface area (Å²) in [5.41, 5.74) is 0.337. The maximum Gasteiger partial charge on any atom is 0.416 e. The molecule has 3 heterocycles. The highest BCUT2D eigenvalue weighted by Gasteiger charge is 2.40. The van der Waals surface area contributed by atoms with Crippen molar-refractivity contribution in [2.24, 2.45) is 5.92 Å². The molecule has 0 saturated carbocycles. The Hall–Kier alpha value is -2.69. The van der Waals surface area contributed by atoms with Crippen LogP contribution in [0.4, 0.5) is 23.2 Å². The van der Waals surface area contributed by atoms with Crippen LogP contribution in [0.2, 0.25) is 5.02 Å². The molecule has 2 atom stereocenters. The number of aromatic nitrogens is 5. The Balaban J connectivity index is 1.67. The number of hydrogen-bond donors (Lipinski definition) is 1. The van der Waals surface area contributed by atoms with Gasteiger partial charge in [-0.1, -0.05) is 23.7 Å². The predicted octanol–water partition coefficient (Wildman–Crippen LogP) is 3.89. The van der Waals surface area contributed by atoms with Crippen molar-refractivity contribution in [3.63, 3.8) is 0 Å². The zero-order valence-electron chi connectivity index (χ0n) is 16.7. The second-order valence-corrected chi connectivity index (χ2v) is 8.12. The van der Waals surface area contributed by atoms with E-state index in [9.17, 15) is 22.4 Å². The molecule has 0 radical (unpaired) electrons. The van der Waals surface area contributed by atoms with Crippen LogP contribution in [0, 0.1) is 5.92 Å². The lowest BCUT2D eigenvalue weighted by atomic mass is 9.85. The number of anilines is 1. The molecule has 2 aromatic heterocycles. The van der Waals surface area contributed by atoms with Gasteiger partial charge in [-0.2, -0.15) is 18.3 Å². The average molecular weight is 459 g/mol. The highest BCUT2D eigenvalue weighted by molar-refractivity contribution is 6.32. The van der Waals surface area contributed by atoms with Crippen molar-refractivity contribution in [3.8, 4) is 0 Å². The SMILES string of the molecule is CC1CC(C(C)n2nnc3c2CCN(c2cn[nH]c(=O)c2Cl)C3)=C(C(F)(F)F)C=C1F. The number of nitrogens with one attached hydrogen (secondary N) is 1. The number of fused-ring (bicyclic) bond motifs is 1. The average Bonchev–Trinajstić information content (AvgIpc) is 3.13. The summed E-state index contributed by atoms with van der Waals surface area (Å²) in [5, 5.41) is 14.3. The zero-order valence-corrected chi connectivity index (χ0v) is 17.4. The van der Waals surface area contributed by atoms with Gasteiger partial charge in [-0.15, -0.1) is 5.10 Å². The third kappa shape index (κ3) is 3.86. The van der Waals surface area contributed by atoms with Crippen LogP contribution in [0.25, 0.3) is 0 Å². The first-order valence-corrected chi connectivity index (χ1v) is 10.0. The third-order valence-corrected chi connectivity index (χ3v) is 6.12. The summed E-state index contributed by atoms with van der Waals surface area (Å²) in [6, 6.07) is -0.740. The number of hydrogen-bond acceptors (Lipinski definition) is 5. The highest BCUT2D eigenvalue weighted by atomic mass is 35.5. The van der Waals surface area contributed by atoms with Gasteiger partial charge in [0.05, 0.1) is 35.7 Å². The smallest absolute Gasteiger partial charge is 0.362 e. The Kier molecular flexibility index (Phi) is 5.40. The van der Waals surface area contributed by atoms with E-state index in [0.29, 0.717) is 36.1 Å². The molecular formula is C19H19ClF4N6O. The van der Waals surface area contributed by atoms with E-state index in [1.54, 1.807) is 13.8 Å². The second-order valence-electron chi connectivity index (χ2n) is 7.74. The minimum absolute atomic E-state index is 0.00388. The standard InChI is InChI=1S/C19H19ClF4N6O/c1-9-5-11(12(6-13(9)21)19(22,23)24)10(2)30-15-3-4-29(8-14(15)26-28-30)16-7-25-27-18(31)17(16)20/h6-7,9-10H,3-5,8H2,1-2H3,(H,27,31). The molecule has 0 aromatic carbocycles. The Bertz CT molecular complexity index is 1140. The van der Waals surface area contributed by atoms with Crippen LogP contribution in [-0.2, 0) is 13.0 Å². The number of rotatable bonds is 3. The summed E-state index contributed by atoms with van der Waals surface area (Å²) in [4.78, 5) is 13.5. The molecule has 1 aliphatic heterocycles. The molecule has 0 bridgehead atoms. The molecule has 12 heteroatoms. The van der Waals surface area contributed by atoms with Crippen molar-refractivity contribution in [1.82, 2.24) is 25.2 Å². The summed E-state index contributed by atoms with van der Waals surface area (Å²) >= 11 is 6.08. The quantitative estimate of drug-likeness (QED) is 0.706. The zero-order chi connectivity index (χ0) is 22.5. The van der Waals surface area contributed by atoms with Crippen LogP contribution in [-0.4, -0.2) is 37.9 Å². The topological polar surface area (TPSA) is 79.7 Å². The van der Waals surface area contributed by atoms with Gasteiger partial charge in [-0.05, 0) is 25.0 Å². The first-order chi connectivity index (χ1) is 14.6. The molecule has 2 aromatic rings. The van der Waals surface area contributed by atoms with Gasteiger partial charge in [-0.3, -0.25) is 4.79 Å². The first-order valence-electron chi connectivity index (χ1n) is 9.66. The number of alkyl halides is 3. The van der Waals surface area contributed by atoms with Crippen molar-refractivity contribution in [3.05, 3.63) is 56.0 Å². The number of H-pyrrole nitrogens is 1. The molecule has 7 nitrogen and oxygen atoms in total. The van der Waals surface area contributed by atoms with Crippen molar-refractivity contribution in [2.75, 3.05) is 11.4 Å². The van der Waals surface area contributed by atoms with E-state index in [1.165, 1.54) is 10.9 Å². The molecule has 31 heavy (non-hydrogen) atoms. The van der Waals surface area contributed by atoms with Crippen LogP contribution in [0.1, 0.15) is 37.7 Å². The largest absolute Gasteiger partial charge is 0.416 e. The van der Waals surface area contributed by atoms with Crippen molar-refractivity contribution in [2.45, 2.75) is 45.5 Å². The first kappa shape index (κ1) is 21.5. The maximum atomic E-state index is 13.9. The summed E-state index contributed by atoms with van der Waals surface area (Å²) in [6.45, 7) is 3.90. The van der Waals surface area contributed by atoms with Crippen molar-refractivity contribution < 1.29 is 17.6 Å². The molecule has 2 aliphatic rings. The summed E-state index contributed by atoms with van der Waals surface area (Å²) in [7, 11) is 0. The van der Waals surface area contributed by atoms with E-state index in [-0.39, 0.29) is 23.6 Å². The minimum atomic E-state index is -4.66. The number of halogens is 5. The van der Waals surface area contributed by atoms with E-state index in [2.05, 4.69) is 20.5 Å². The number of nitrogens with zero attached hydrogens (tertiary/aromatic N) is 5. The van der Waals surface area contributed by atoms with Crippen LogP contribution in [0.5, 0.6) is 0 Å². The molecule has 0 spiro atoms. The van der Waals surface area contributed by atoms with Gasteiger partial charge in [0.2, 0.25) is 0 Å². The molecule has 2 unspecified atom stereocenters. The van der Waals surface area contributed by atoms with E-state index in [4.69, 9.17) is 11.6 Å². The lowest BCUT2D eigenvalue weighted by Crippen LogP contribution is -2.33. The molecule has 1 N–H and O–H groups in total. The van der Waals surface area contributed by atoms with Gasteiger partial charge in [-0.25, -0.2) is 14.2 Å². The van der Waals surface area contributed by atoms with E-state index < -0.39 is 35.1 Å². The maximum absolute atomic E-state index is 13.9. The summed E-state index contributed by atoms with van der Waals surface area (Å²) in [5.74, 6) is -1.41. The van der Waals surface area contributed by atoms with Gasteiger partial charge in [0.25, 0.3) is 5.56 Å². The Morgan fingerprint density at radius 3 is 2.81 bits per heavy atom. The predicted molar refractivity (Wildman–Crippen MR) is 105 cm³/mol. The number of aromatic amines is 1. The van der Waals surface area contributed by atoms with Crippen LogP contribution >= 0.6 is 11.6 Å². The van der Waals surface area contributed by atoms with Gasteiger partial charge in [0.1, 0.15) is 16.5 Å². The fourth-order valence-corrected chi connectivity index (χ4v) is 4.27. The van der Waals surface area contributed by atoms with Gasteiger partial charge in [0.15, 0.2) is 0 Å². The van der Waals surface area contributed by atoms with Crippen molar-refractivity contribution in [1.29, 1.82) is 0 Å². The molecule has 1 aliphatic carbocycles. The lowest BCUT2D eigenvalue weighted by Gasteiger charge is -2.31. The van der Waals surface area contributed by atoms with E-state index in [1.807, 2.05) is 4.90 Å². The summed E-state index contributed by atoms with van der Waals surface area (Å²) < 4.78 is 56.1. The molecule has 4 rings (SSSR count). The van der Waals surface area contributed by atoms with Gasteiger partial charge >= 0.3 is 6.18 Å². The van der Waals surface area contributed by atoms with Crippen LogP contribution < -0.4 is 10.5 Å². The highest BCUT2D eigenvalue weighted by Crippen LogP contribution is 2.42. The van der Waals surface area contributed by atoms with E-state index in [0.717, 1.165) is 0 Å². The third-order valence-electron chi connectivity index (χ3n) is 5.75.